The third-order valence-corrected chi connectivity index (χ3v) is 2.32. The molecule has 0 fully saturated rings. The zero-order chi connectivity index (χ0) is 11.5. The van der Waals surface area contributed by atoms with Gasteiger partial charge in [0.2, 0.25) is 0 Å². The second-order valence-electron chi connectivity index (χ2n) is 3.56. The highest BCUT2D eigenvalue weighted by atomic mass is 16.5. The first kappa shape index (κ1) is 10.4. The Morgan fingerprint density at radius 3 is 2.75 bits per heavy atom. The number of anilines is 1. The molecule has 0 unspecified atom stereocenters. The zero-order valence-corrected chi connectivity index (χ0v) is 9.27. The van der Waals surface area contributed by atoms with E-state index in [2.05, 4.69) is 9.97 Å². The highest BCUT2D eigenvalue weighted by molar-refractivity contribution is 5.74. The van der Waals surface area contributed by atoms with E-state index in [1.54, 1.807) is 25.7 Å². The van der Waals surface area contributed by atoms with Crippen LogP contribution in [0.5, 0.6) is 5.75 Å². The van der Waals surface area contributed by atoms with E-state index < -0.39 is 0 Å². The van der Waals surface area contributed by atoms with Gasteiger partial charge in [-0.2, -0.15) is 0 Å². The first-order valence-electron chi connectivity index (χ1n) is 4.92. The van der Waals surface area contributed by atoms with Crippen molar-refractivity contribution in [3.05, 3.63) is 36.3 Å². The van der Waals surface area contributed by atoms with Gasteiger partial charge in [0.05, 0.1) is 13.3 Å². The Morgan fingerprint density at radius 2 is 2.00 bits per heavy atom. The van der Waals surface area contributed by atoms with Gasteiger partial charge in [0.25, 0.3) is 0 Å². The second-order valence-corrected chi connectivity index (χ2v) is 3.56. The summed E-state index contributed by atoms with van der Waals surface area (Å²) in [6.45, 7) is 1.98. The molecule has 4 heteroatoms. The lowest BCUT2D eigenvalue weighted by atomic mass is 10.1. The van der Waals surface area contributed by atoms with Gasteiger partial charge in [0, 0.05) is 23.5 Å². The Labute approximate surface area is 94.1 Å². The molecule has 0 radical (unpaired) electrons. The van der Waals surface area contributed by atoms with E-state index in [-0.39, 0.29) is 0 Å². The molecule has 0 bridgehead atoms. The largest absolute Gasteiger partial charge is 0.495 e. The number of ether oxygens (including phenoxy) is 1. The monoisotopic (exact) mass is 215 g/mol. The minimum atomic E-state index is 0.501. The predicted molar refractivity (Wildman–Crippen MR) is 63.2 cm³/mol. The highest BCUT2D eigenvalue weighted by Crippen LogP contribution is 2.26. The zero-order valence-electron chi connectivity index (χ0n) is 9.27. The summed E-state index contributed by atoms with van der Waals surface area (Å²) < 4.78 is 5.12. The number of nitrogens with zero attached hydrogens (tertiary/aromatic N) is 2. The van der Waals surface area contributed by atoms with Gasteiger partial charge >= 0.3 is 0 Å². The van der Waals surface area contributed by atoms with Crippen molar-refractivity contribution in [2.45, 2.75) is 6.92 Å². The number of rotatable bonds is 2. The first-order valence-corrected chi connectivity index (χ1v) is 4.92. The van der Waals surface area contributed by atoms with E-state index in [9.17, 15) is 0 Å². The molecule has 2 N–H and O–H groups in total. The molecule has 2 rings (SSSR count). The lowest BCUT2D eigenvalue weighted by Crippen LogP contribution is -1.95. The normalized spacial score (nSPS) is 10.1. The Balaban J connectivity index is 2.53. The van der Waals surface area contributed by atoms with Gasteiger partial charge < -0.3 is 10.5 Å². The van der Waals surface area contributed by atoms with Crippen molar-refractivity contribution in [1.29, 1.82) is 0 Å². The smallest absolute Gasteiger partial charge is 0.137 e. The number of nitrogens with two attached hydrogens (primary N) is 1. The van der Waals surface area contributed by atoms with Crippen LogP contribution < -0.4 is 10.5 Å². The van der Waals surface area contributed by atoms with Gasteiger partial charge in [-0.1, -0.05) is 0 Å². The quantitative estimate of drug-likeness (QED) is 0.832. The SMILES string of the molecule is COc1cncc(-c2cc(C)cnc2N)c1. The summed E-state index contributed by atoms with van der Waals surface area (Å²) in [5.41, 5.74) is 8.69. The Hall–Kier alpha value is -2.10. The molecule has 0 saturated carbocycles. The van der Waals surface area contributed by atoms with E-state index in [0.717, 1.165) is 16.7 Å². The van der Waals surface area contributed by atoms with Crippen molar-refractivity contribution in [2.75, 3.05) is 12.8 Å². The lowest BCUT2D eigenvalue weighted by Gasteiger charge is -2.07. The number of aromatic nitrogens is 2. The number of pyridine rings is 2. The number of hydrogen-bond acceptors (Lipinski definition) is 4. The summed E-state index contributed by atoms with van der Waals surface area (Å²) in [6, 6.07) is 3.87. The fourth-order valence-corrected chi connectivity index (χ4v) is 1.49. The fraction of sp³-hybridized carbons (Fsp3) is 0.167. The summed E-state index contributed by atoms with van der Waals surface area (Å²) in [5, 5.41) is 0. The van der Waals surface area contributed by atoms with Crippen LogP contribution in [-0.4, -0.2) is 17.1 Å². The Kier molecular flexibility index (Phi) is 2.72. The van der Waals surface area contributed by atoms with Crippen LogP contribution in [0.3, 0.4) is 0 Å². The highest BCUT2D eigenvalue weighted by Gasteiger charge is 2.05. The number of methoxy groups -OCH3 is 1. The first-order chi connectivity index (χ1) is 7.70. The molecule has 0 spiro atoms. The van der Waals surface area contributed by atoms with Crippen molar-refractivity contribution in [3.63, 3.8) is 0 Å². The molecular formula is C12H13N3O. The minimum Gasteiger partial charge on any atom is -0.495 e. The predicted octanol–water partition coefficient (Wildman–Crippen LogP) is 2.04. The van der Waals surface area contributed by atoms with E-state index in [1.165, 1.54) is 0 Å². The van der Waals surface area contributed by atoms with E-state index in [1.807, 2.05) is 19.1 Å². The molecule has 0 aliphatic heterocycles. The van der Waals surface area contributed by atoms with Crippen LogP contribution in [0.1, 0.15) is 5.56 Å². The molecule has 0 amide bonds. The van der Waals surface area contributed by atoms with Gasteiger partial charge in [-0.3, -0.25) is 4.98 Å². The van der Waals surface area contributed by atoms with E-state index >= 15 is 0 Å². The van der Waals surface area contributed by atoms with Crippen LogP contribution in [0.4, 0.5) is 5.82 Å². The molecule has 4 nitrogen and oxygen atoms in total. The molecule has 2 aromatic rings. The van der Waals surface area contributed by atoms with Crippen LogP contribution in [0, 0.1) is 6.92 Å². The number of hydrogen-bond donors (Lipinski definition) is 1. The minimum absolute atomic E-state index is 0.501. The average Bonchev–Trinajstić information content (AvgIpc) is 2.32. The van der Waals surface area contributed by atoms with Gasteiger partial charge in [-0.15, -0.1) is 0 Å². The van der Waals surface area contributed by atoms with Gasteiger partial charge in [0.15, 0.2) is 0 Å². The number of aryl methyl sites for hydroxylation is 1. The van der Waals surface area contributed by atoms with E-state index in [4.69, 9.17) is 10.5 Å². The lowest BCUT2D eigenvalue weighted by molar-refractivity contribution is 0.413. The fourth-order valence-electron chi connectivity index (χ4n) is 1.49. The van der Waals surface area contributed by atoms with Crippen molar-refractivity contribution in [3.8, 4) is 16.9 Å². The third kappa shape index (κ3) is 1.95. The average molecular weight is 215 g/mol. The molecule has 0 atom stereocenters. The summed E-state index contributed by atoms with van der Waals surface area (Å²) in [4.78, 5) is 8.21. The summed E-state index contributed by atoms with van der Waals surface area (Å²) in [5.74, 6) is 1.21. The number of nitrogen functional groups attached to an aromatic ring is 1. The molecule has 82 valence electrons. The maximum absolute atomic E-state index is 5.83. The Bertz CT molecular complexity index is 511. The third-order valence-electron chi connectivity index (χ3n) is 2.32. The van der Waals surface area contributed by atoms with Gasteiger partial charge in [-0.05, 0) is 24.6 Å². The molecule has 2 aromatic heterocycles. The van der Waals surface area contributed by atoms with E-state index in [0.29, 0.717) is 11.6 Å². The van der Waals surface area contributed by atoms with Crippen LogP contribution in [-0.2, 0) is 0 Å². The summed E-state index contributed by atoms with van der Waals surface area (Å²) >= 11 is 0. The van der Waals surface area contributed by atoms with Crippen LogP contribution in [0.2, 0.25) is 0 Å². The molecule has 0 aliphatic rings. The summed E-state index contributed by atoms with van der Waals surface area (Å²) in [7, 11) is 1.61. The maximum atomic E-state index is 5.83. The standard InChI is InChI=1S/C12H13N3O/c1-8-3-11(12(13)15-5-8)9-4-10(16-2)7-14-6-9/h3-7H,1-2H3,(H2,13,15). The van der Waals surface area contributed by atoms with Crippen molar-refractivity contribution >= 4 is 5.82 Å². The molecule has 0 aliphatic carbocycles. The topological polar surface area (TPSA) is 61.0 Å². The second kappa shape index (κ2) is 4.18. The molecule has 2 heterocycles. The van der Waals surface area contributed by atoms with Crippen molar-refractivity contribution in [2.24, 2.45) is 0 Å². The molecule has 16 heavy (non-hydrogen) atoms. The molecule has 0 aromatic carbocycles. The van der Waals surface area contributed by atoms with Crippen molar-refractivity contribution in [1.82, 2.24) is 9.97 Å². The molecule has 0 saturated heterocycles. The van der Waals surface area contributed by atoms with Crippen LogP contribution in [0.25, 0.3) is 11.1 Å². The summed E-state index contributed by atoms with van der Waals surface area (Å²) in [6.07, 6.45) is 5.14. The van der Waals surface area contributed by atoms with Crippen LogP contribution in [0.15, 0.2) is 30.7 Å². The van der Waals surface area contributed by atoms with Crippen molar-refractivity contribution < 1.29 is 4.74 Å². The van der Waals surface area contributed by atoms with Gasteiger partial charge in [0.1, 0.15) is 11.6 Å². The molecular weight excluding hydrogens is 202 g/mol. The van der Waals surface area contributed by atoms with Gasteiger partial charge in [-0.25, -0.2) is 4.98 Å². The maximum Gasteiger partial charge on any atom is 0.137 e. The Morgan fingerprint density at radius 1 is 1.19 bits per heavy atom. The van der Waals surface area contributed by atoms with Crippen LogP contribution >= 0.6 is 0 Å².